The highest BCUT2D eigenvalue weighted by atomic mass is 35.5. The van der Waals surface area contributed by atoms with Gasteiger partial charge in [-0.25, -0.2) is 4.98 Å². The zero-order valence-electron chi connectivity index (χ0n) is 10.7. The molecule has 4 nitrogen and oxygen atoms in total. The highest BCUT2D eigenvalue weighted by molar-refractivity contribution is 7.80. The van der Waals surface area contributed by atoms with Crippen LogP contribution >= 0.6 is 23.8 Å². The van der Waals surface area contributed by atoms with E-state index in [2.05, 4.69) is 15.6 Å². The summed E-state index contributed by atoms with van der Waals surface area (Å²) < 4.78 is 0. The van der Waals surface area contributed by atoms with Gasteiger partial charge in [-0.1, -0.05) is 29.8 Å². The zero-order valence-corrected chi connectivity index (χ0v) is 12.3. The molecule has 0 saturated heterocycles. The van der Waals surface area contributed by atoms with Crippen molar-refractivity contribution in [2.75, 3.05) is 5.32 Å². The first kappa shape index (κ1) is 14.4. The number of halogens is 1. The number of aryl methyl sites for hydroxylation is 1. The van der Waals surface area contributed by atoms with Gasteiger partial charge >= 0.3 is 0 Å². The fraction of sp³-hybridized carbons (Fsp3) is 0.0714. The maximum absolute atomic E-state index is 12.1. The lowest BCUT2D eigenvalue weighted by molar-refractivity contribution is 0.0977. The molecule has 1 heterocycles. The molecule has 0 aliphatic carbocycles. The number of thiocarbonyl (C=S) groups is 1. The molecule has 20 heavy (non-hydrogen) atoms. The van der Waals surface area contributed by atoms with Gasteiger partial charge in [-0.05, 0) is 42.9 Å². The molecule has 2 aromatic rings. The van der Waals surface area contributed by atoms with E-state index in [0.29, 0.717) is 16.4 Å². The molecule has 0 bridgehead atoms. The standard InChI is InChI=1S/C14H12ClN3OS/c1-9-5-2-3-6-10(9)13(19)18-14(20)17-11-7-4-8-16-12(11)15/h2-8H,1H3,(H2,17,18,19,20). The molecule has 102 valence electrons. The van der Waals surface area contributed by atoms with Crippen LogP contribution in [0, 0.1) is 6.92 Å². The van der Waals surface area contributed by atoms with Crippen LogP contribution in [0.2, 0.25) is 5.15 Å². The van der Waals surface area contributed by atoms with Crippen molar-refractivity contribution in [3.05, 3.63) is 58.9 Å². The average molecular weight is 306 g/mol. The van der Waals surface area contributed by atoms with Gasteiger partial charge in [0.15, 0.2) is 10.3 Å². The lowest BCUT2D eigenvalue weighted by atomic mass is 10.1. The number of aromatic nitrogens is 1. The van der Waals surface area contributed by atoms with Crippen molar-refractivity contribution in [3.63, 3.8) is 0 Å². The summed E-state index contributed by atoms with van der Waals surface area (Å²) >= 11 is 11.0. The lowest BCUT2D eigenvalue weighted by Crippen LogP contribution is -2.34. The zero-order chi connectivity index (χ0) is 14.5. The topological polar surface area (TPSA) is 54.0 Å². The highest BCUT2D eigenvalue weighted by Crippen LogP contribution is 2.17. The van der Waals surface area contributed by atoms with E-state index < -0.39 is 0 Å². The number of nitrogens with zero attached hydrogens (tertiary/aromatic N) is 1. The molecular formula is C14H12ClN3OS. The highest BCUT2D eigenvalue weighted by Gasteiger charge is 2.10. The summed E-state index contributed by atoms with van der Waals surface area (Å²) in [5, 5.41) is 5.91. The Kier molecular flexibility index (Phi) is 4.65. The summed E-state index contributed by atoms with van der Waals surface area (Å²) in [6.45, 7) is 1.86. The second kappa shape index (κ2) is 6.45. The van der Waals surface area contributed by atoms with E-state index in [9.17, 15) is 4.79 Å². The first-order valence-corrected chi connectivity index (χ1v) is 6.65. The van der Waals surface area contributed by atoms with Crippen LogP contribution in [0.5, 0.6) is 0 Å². The van der Waals surface area contributed by atoms with Crippen LogP contribution in [-0.4, -0.2) is 16.0 Å². The van der Waals surface area contributed by atoms with E-state index in [4.69, 9.17) is 23.8 Å². The number of anilines is 1. The molecule has 0 unspecified atom stereocenters. The van der Waals surface area contributed by atoms with Crippen LogP contribution in [-0.2, 0) is 0 Å². The predicted molar refractivity (Wildman–Crippen MR) is 84.1 cm³/mol. The van der Waals surface area contributed by atoms with Crippen LogP contribution in [0.25, 0.3) is 0 Å². The number of carbonyl (C=O) groups is 1. The van der Waals surface area contributed by atoms with Crippen molar-refractivity contribution >= 4 is 40.5 Å². The summed E-state index contributed by atoms with van der Waals surface area (Å²) in [5.74, 6) is -0.263. The Morgan fingerprint density at radius 1 is 1.25 bits per heavy atom. The van der Waals surface area contributed by atoms with Gasteiger partial charge in [0.1, 0.15) is 0 Å². The minimum absolute atomic E-state index is 0.174. The van der Waals surface area contributed by atoms with Crippen LogP contribution < -0.4 is 10.6 Å². The van der Waals surface area contributed by atoms with Crippen molar-refractivity contribution in [1.82, 2.24) is 10.3 Å². The van der Waals surface area contributed by atoms with Crippen molar-refractivity contribution in [1.29, 1.82) is 0 Å². The molecule has 2 rings (SSSR count). The lowest BCUT2D eigenvalue weighted by Gasteiger charge is -2.11. The van der Waals surface area contributed by atoms with E-state index in [1.54, 1.807) is 30.5 Å². The molecule has 0 aliphatic rings. The summed E-state index contributed by atoms with van der Waals surface area (Å²) in [6.07, 6.45) is 1.57. The first-order valence-electron chi connectivity index (χ1n) is 5.86. The van der Waals surface area contributed by atoms with E-state index in [0.717, 1.165) is 5.56 Å². The van der Waals surface area contributed by atoms with Gasteiger partial charge in [-0.15, -0.1) is 0 Å². The van der Waals surface area contributed by atoms with Gasteiger partial charge in [-0.2, -0.15) is 0 Å². The fourth-order valence-electron chi connectivity index (χ4n) is 1.63. The first-order chi connectivity index (χ1) is 9.58. The van der Waals surface area contributed by atoms with E-state index in [1.165, 1.54) is 0 Å². The number of pyridine rings is 1. The third-order valence-corrected chi connectivity index (χ3v) is 3.13. The molecule has 0 spiro atoms. The average Bonchev–Trinajstić information content (AvgIpc) is 2.41. The van der Waals surface area contributed by atoms with Crippen molar-refractivity contribution in [2.24, 2.45) is 0 Å². The minimum Gasteiger partial charge on any atom is -0.330 e. The van der Waals surface area contributed by atoms with Gasteiger partial charge in [0.05, 0.1) is 5.69 Å². The number of hydrogen-bond acceptors (Lipinski definition) is 3. The fourth-order valence-corrected chi connectivity index (χ4v) is 2.00. The van der Waals surface area contributed by atoms with Gasteiger partial charge in [0.2, 0.25) is 0 Å². The Hall–Kier alpha value is -1.98. The number of benzene rings is 1. The van der Waals surface area contributed by atoms with Crippen molar-refractivity contribution in [2.45, 2.75) is 6.92 Å². The van der Waals surface area contributed by atoms with Crippen molar-refractivity contribution < 1.29 is 4.79 Å². The molecule has 0 fully saturated rings. The predicted octanol–water partition coefficient (Wildman–Crippen LogP) is 3.17. The number of nitrogens with one attached hydrogen (secondary N) is 2. The molecule has 2 N–H and O–H groups in total. The molecule has 1 aromatic carbocycles. The molecule has 0 atom stereocenters. The van der Waals surface area contributed by atoms with Crippen LogP contribution in [0.1, 0.15) is 15.9 Å². The molecule has 0 saturated carbocycles. The molecule has 0 aliphatic heterocycles. The normalized spacial score (nSPS) is 9.90. The quantitative estimate of drug-likeness (QED) is 0.661. The summed E-state index contributed by atoms with van der Waals surface area (Å²) in [4.78, 5) is 16.0. The number of carbonyl (C=O) groups excluding carboxylic acids is 1. The second-order valence-corrected chi connectivity index (χ2v) is 4.83. The van der Waals surface area contributed by atoms with Gasteiger partial charge in [0, 0.05) is 11.8 Å². The smallest absolute Gasteiger partial charge is 0.257 e. The van der Waals surface area contributed by atoms with Gasteiger partial charge in [0.25, 0.3) is 5.91 Å². The third kappa shape index (κ3) is 3.53. The SMILES string of the molecule is Cc1ccccc1C(=O)NC(=S)Nc1cccnc1Cl. The largest absolute Gasteiger partial charge is 0.330 e. The number of amides is 1. The monoisotopic (exact) mass is 305 g/mol. The molecular weight excluding hydrogens is 294 g/mol. The summed E-state index contributed by atoms with van der Waals surface area (Å²) in [7, 11) is 0. The number of hydrogen-bond donors (Lipinski definition) is 2. The summed E-state index contributed by atoms with van der Waals surface area (Å²) in [5.41, 5.74) is 2.00. The Bertz CT molecular complexity index is 660. The van der Waals surface area contributed by atoms with Gasteiger partial charge in [-0.3, -0.25) is 10.1 Å². The molecule has 0 radical (unpaired) electrons. The maximum Gasteiger partial charge on any atom is 0.257 e. The third-order valence-electron chi connectivity index (χ3n) is 2.62. The van der Waals surface area contributed by atoms with Crippen LogP contribution in [0.3, 0.4) is 0 Å². The maximum atomic E-state index is 12.1. The molecule has 1 aromatic heterocycles. The minimum atomic E-state index is -0.263. The van der Waals surface area contributed by atoms with E-state index in [-0.39, 0.29) is 11.0 Å². The Morgan fingerprint density at radius 2 is 2.00 bits per heavy atom. The molecule has 6 heteroatoms. The van der Waals surface area contributed by atoms with Gasteiger partial charge < -0.3 is 5.32 Å². The summed E-state index contributed by atoms with van der Waals surface area (Å²) in [6, 6.07) is 10.7. The Balaban J connectivity index is 2.04. The second-order valence-electron chi connectivity index (χ2n) is 4.06. The van der Waals surface area contributed by atoms with E-state index in [1.807, 2.05) is 19.1 Å². The van der Waals surface area contributed by atoms with Crippen molar-refractivity contribution in [3.8, 4) is 0 Å². The Morgan fingerprint density at radius 3 is 2.70 bits per heavy atom. The van der Waals surface area contributed by atoms with Crippen LogP contribution in [0.4, 0.5) is 5.69 Å². The Labute approximate surface area is 127 Å². The van der Waals surface area contributed by atoms with E-state index >= 15 is 0 Å². The number of rotatable bonds is 2. The molecule has 1 amide bonds. The van der Waals surface area contributed by atoms with Crippen LogP contribution in [0.15, 0.2) is 42.6 Å².